The van der Waals surface area contributed by atoms with Gasteiger partial charge in [0.1, 0.15) is 0 Å². The first-order chi connectivity index (χ1) is 16.5. The molecule has 4 fully saturated rings. The van der Waals surface area contributed by atoms with E-state index in [9.17, 15) is 13.0 Å². The summed E-state index contributed by atoms with van der Waals surface area (Å²) in [7, 11) is -3.00. The Balaban J connectivity index is 0.00000304. The molecular weight excluding hydrogens is 491 g/mol. The van der Waals surface area contributed by atoms with Gasteiger partial charge in [0.15, 0.2) is 5.82 Å². The van der Waals surface area contributed by atoms with Crippen LogP contribution in [-0.2, 0) is 25.7 Å². The van der Waals surface area contributed by atoms with Crippen molar-refractivity contribution in [3.05, 3.63) is 5.82 Å². The van der Waals surface area contributed by atoms with Crippen LogP contribution in [0, 0.1) is 46.3 Å². The molecular formula is C25H41N4NaO5S. The molecule has 36 heavy (non-hydrogen) atoms. The number of nitrogens with one attached hydrogen (secondary N) is 1. The van der Waals surface area contributed by atoms with E-state index in [4.69, 9.17) is 8.92 Å². The molecule has 0 aromatic carbocycles. The van der Waals surface area contributed by atoms with Crippen LogP contribution in [0.2, 0.25) is 0 Å². The van der Waals surface area contributed by atoms with Gasteiger partial charge in [0.2, 0.25) is 10.4 Å². The summed E-state index contributed by atoms with van der Waals surface area (Å²) in [6.45, 7) is 7.19. The number of hydrogen-bond donors (Lipinski definition) is 1. The van der Waals surface area contributed by atoms with Crippen molar-refractivity contribution in [2.75, 3.05) is 7.11 Å². The Morgan fingerprint density at radius 3 is 2.50 bits per heavy atom. The fourth-order valence-corrected chi connectivity index (χ4v) is 9.95. The third kappa shape index (κ3) is 5.21. The van der Waals surface area contributed by atoms with Gasteiger partial charge in [-0.3, -0.25) is 4.18 Å². The summed E-state index contributed by atoms with van der Waals surface area (Å²) in [6, 6.07) is 0. The molecule has 11 heteroatoms. The van der Waals surface area contributed by atoms with Crippen LogP contribution in [0.5, 0.6) is 0 Å². The molecule has 10 atom stereocenters. The molecule has 0 spiro atoms. The Bertz CT molecular complexity index is 997. The molecule has 4 aliphatic rings. The van der Waals surface area contributed by atoms with Crippen molar-refractivity contribution >= 4 is 10.4 Å². The zero-order chi connectivity index (χ0) is 25.0. The van der Waals surface area contributed by atoms with Crippen LogP contribution in [0.1, 0.15) is 84.4 Å². The van der Waals surface area contributed by atoms with Crippen LogP contribution >= 0.6 is 0 Å². The number of aryl methyl sites for hydroxylation is 1. The quantitative estimate of drug-likeness (QED) is 0.312. The van der Waals surface area contributed by atoms with Crippen molar-refractivity contribution in [1.82, 2.24) is 20.6 Å². The van der Waals surface area contributed by atoms with E-state index in [0.717, 1.165) is 63.6 Å². The zero-order valence-electron chi connectivity index (χ0n) is 22.5. The van der Waals surface area contributed by atoms with Crippen molar-refractivity contribution in [2.45, 2.75) is 97.2 Å². The first-order valence-electron chi connectivity index (χ1n) is 13.4. The van der Waals surface area contributed by atoms with Crippen molar-refractivity contribution in [3.8, 4) is 0 Å². The first-order valence-corrected chi connectivity index (χ1v) is 14.8. The number of methoxy groups -OCH3 is 1. The standard InChI is InChI=1S/C25H42N4O5S.Na/c1-15(5-8-22-26-28-29-27-22)18-6-7-19-23-20(10-12-25(18,19)3)24(2)11-9-17(33-4)13-16(24)14-21(23)34-35(30,31)32;/h15-21,23H,5-14H2,1-4H3,(H,30,31,32)(H,26,27,28,29);/q;+1/p-1/t15-,16+,17-,18-,19+,20+,21?,23+,24+,25-;/m1./s1. The fraction of sp³-hybridized carbons (Fsp3) is 0.960. The predicted molar refractivity (Wildman–Crippen MR) is 128 cm³/mol. The van der Waals surface area contributed by atoms with E-state index in [1.165, 1.54) is 0 Å². The molecule has 1 N–H and O–H groups in total. The number of rotatable bonds is 7. The van der Waals surface area contributed by atoms with Crippen molar-refractivity contribution < 1.29 is 51.4 Å². The number of H-pyrrole nitrogens is 1. The largest absolute Gasteiger partial charge is 1.00 e. The molecule has 0 bridgehead atoms. The minimum Gasteiger partial charge on any atom is -0.726 e. The average Bonchev–Trinajstić information content (AvgIpc) is 3.44. The summed E-state index contributed by atoms with van der Waals surface area (Å²) in [6.07, 6.45) is 9.67. The van der Waals surface area contributed by atoms with Crippen molar-refractivity contribution in [3.63, 3.8) is 0 Å². The number of aromatic nitrogens is 4. The fourth-order valence-electron chi connectivity index (χ4n) is 9.44. The summed E-state index contributed by atoms with van der Waals surface area (Å²) < 4.78 is 46.7. The maximum atomic E-state index is 11.9. The summed E-state index contributed by atoms with van der Waals surface area (Å²) in [5, 5.41) is 14.4. The van der Waals surface area contributed by atoms with E-state index in [0.29, 0.717) is 36.0 Å². The van der Waals surface area contributed by atoms with Crippen LogP contribution in [0.3, 0.4) is 0 Å². The molecule has 9 nitrogen and oxygen atoms in total. The Labute approximate surface area is 237 Å². The minimum absolute atomic E-state index is 0. The summed E-state index contributed by atoms with van der Waals surface area (Å²) >= 11 is 0. The van der Waals surface area contributed by atoms with Gasteiger partial charge in [-0.25, -0.2) is 8.42 Å². The SMILES string of the molecule is CO[C@@H]1CC[C@@]2(C)[C@H](CC(OS(=O)(=O)[O-])[C@@H]3[C@@H]2CC[C@]2(C)[C@@H]([C@H](C)CCc4nn[nH]n4)CC[C@@H]32)C1.[Na+]. The maximum Gasteiger partial charge on any atom is 1.00 e. The van der Waals surface area contributed by atoms with Crippen LogP contribution in [0.15, 0.2) is 0 Å². The van der Waals surface area contributed by atoms with Crippen LogP contribution < -0.4 is 29.6 Å². The van der Waals surface area contributed by atoms with E-state index in [1.54, 1.807) is 7.11 Å². The number of nitrogens with zero attached hydrogens (tertiary/aromatic N) is 3. The number of hydrogen-bond acceptors (Lipinski definition) is 8. The Morgan fingerprint density at radius 1 is 1.11 bits per heavy atom. The minimum atomic E-state index is -4.77. The maximum absolute atomic E-state index is 11.9. The van der Waals surface area contributed by atoms with Crippen LogP contribution in [0.4, 0.5) is 0 Å². The molecule has 0 amide bonds. The third-order valence-corrected chi connectivity index (χ3v) is 11.6. The van der Waals surface area contributed by atoms with E-state index >= 15 is 0 Å². The van der Waals surface area contributed by atoms with Gasteiger partial charge in [-0.05, 0) is 104 Å². The van der Waals surface area contributed by atoms with Gasteiger partial charge in [0.05, 0.1) is 12.2 Å². The van der Waals surface area contributed by atoms with Crippen molar-refractivity contribution in [1.29, 1.82) is 0 Å². The second-order valence-electron chi connectivity index (χ2n) is 12.5. The van der Waals surface area contributed by atoms with E-state index < -0.39 is 16.5 Å². The second kappa shape index (κ2) is 10.8. The Morgan fingerprint density at radius 2 is 1.83 bits per heavy atom. The van der Waals surface area contributed by atoms with Crippen LogP contribution in [-0.4, -0.2) is 52.9 Å². The van der Waals surface area contributed by atoms with Gasteiger partial charge in [-0.2, -0.15) is 5.21 Å². The van der Waals surface area contributed by atoms with Gasteiger partial charge in [-0.15, -0.1) is 10.2 Å². The molecule has 0 radical (unpaired) electrons. The Kier molecular flexibility index (Phi) is 8.68. The van der Waals surface area contributed by atoms with E-state index in [1.807, 2.05) is 0 Å². The normalized spacial score (nSPS) is 43.1. The van der Waals surface area contributed by atoms with Crippen LogP contribution in [0.25, 0.3) is 0 Å². The van der Waals surface area contributed by atoms with Gasteiger partial charge in [-0.1, -0.05) is 26.0 Å². The number of fused-ring (bicyclic) bond motifs is 5. The number of aromatic amines is 1. The van der Waals surface area contributed by atoms with E-state index in [2.05, 4.69) is 41.4 Å². The molecule has 4 aliphatic carbocycles. The monoisotopic (exact) mass is 532 g/mol. The smallest absolute Gasteiger partial charge is 0.726 e. The summed E-state index contributed by atoms with van der Waals surface area (Å²) in [5.41, 5.74) is 0.273. The van der Waals surface area contributed by atoms with E-state index in [-0.39, 0.29) is 52.4 Å². The first kappa shape index (κ1) is 28.9. The molecule has 1 unspecified atom stereocenters. The second-order valence-corrected chi connectivity index (χ2v) is 13.5. The van der Waals surface area contributed by atoms with Gasteiger partial charge >= 0.3 is 29.6 Å². The average molecular weight is 533 g/mol. The number of tetrazole rings is 1. The van der Waals surface area contributed by atoms with Gasteiger partial charge in [0, 0.05) is 13.5 Å². The molecule has 4 saturated carbocycles. The van der Waals surface area contributed by atoms with Gasteiger partial charge < -0.3 is 9.29 Å². The van der Waals surface area contributed by atoms with Gasteiger partial charge in [0.25, 0.3) is 0 Å². The van der Waals surface area contributed by atoms with Crippen molar-refractivity contribution in [2.24, 2.45) is 46.3 Å². The topological polar surface area (TPSA) is 130 Å². The molecule has 1 heterocycles. The molecule has 1 aromatic rings. The Hall–Kier alpha value is -0.1000. The molecule has 5 rings (SSSR count). The third-order valence-electron chi connectivity index (χ3n) is 11.2. The zero-order valence-corrected chi connectivity index (χ0v) is 25.3. The summed E-state index contributed by atoms with van der Waals surface area (Å²) in [4.78, 5) is 0. The molecule has 198 valence electrons. The molecule has 1 aromatic heterocycles. The molecule has 0 saturated heterocycles. The summed E-state index contributed by atoms with van der Waals surface area (Å²) in [5.74, 6) is 3.02. The number of ether oxygens (including phenoxy) is 1. The molecule has 0 aliphatic heterocycles. The predicted octanol–water partition coefficient (Wildman–Crippen LogP) is 0.902.